The summed E-state index contributed by atoms with van der Waals surface area (Å²) in [4.78, 5) is 27.6. The number of nitrogens with zero attached hydrogens (tertiary/aromatic N) is 1. The fraction of sp³-hybridized carbons (Fsp3) is 0.154. The number of rotatable bonds is 6. The van der Waals surface area contributed by atoms with Crippen LogP contribution in [-0.2, 0) is 9.59 Å². The summed E-state index contributed by atoms with van der Waals surface area (Å²) in [5, 5.41) is 11.2. The molecule has 4 rings (SSSR count). The number of halogens is 1. The lowest BCUT2D eigenvalue weighted by molar-refractivity contribution is -0.132. The van der Waals surface area contributed by atoms with Crippen LogP contribution in [0.3, 0.4) is 0 Å². The van der Waals surface area contributed by atoms with Crippen LogP contribution in [-0.4, -0.2) is 30.5 Å². The van der Waals surface area contributed by atoms with E-state index < -0.39 is 23.5 Å². The molecule has 1 aliphatic heterocycles. The van der Waals surface area contributed by atoms with Gasteiger partial charge in [-0.2, -0.15) is 0 Å². The zero-order valence-electron chi connectivity index (χ0n) is 18.1. The van der Waals surface area contributed by atoms with Crippen molar-refractivity contribution in [1.29, 1.82) is 0 Å². The van der Waals surface area contributed by atoms with Gasteiger partial charge < -0.3 is 14.6 Å². The average Bonchev–Trinajstić information content (AvgIpc) is 3.10. The van der Waals surface area contributed by atoms with E-state index >= 15 is 0 Å². The third-order valence-corrected chi connectivity index (χ3v) is 5.38. The van der Waals surface area contributed by atoms with Gasteiger partial charge in [0.1, 0.15) is 23.1 Å². The van der Waals surface area contributed by atoms with Crippen LogP contribution in [0.15, 0.2) is 78.4 Å². The van der Waals surface area contributed by atoms with E-state index in [0.717, 1.165) is 0 Å². The van der Waals surface area contributed by atoms with Gasteiger partial charge in [-0.1, -0.05) is 24.3 Å². The molecule has 3 aromatic rings. The molecule has 3 aromatic carbocycles. The van der Waals surface area contributed by atoms with Crippen molar-refractivity contribution in [3.05, 3.63) is 95.3 Å². The maximum absolute atomic E-state index is 13.5. The number of amides is 1. The molecule has 6 nitrogen and oxygen atoms in total. The number of benzene rings is 3. The number of anilines is 1. The van der Waals surface area contributed by atoms with Crippen molar-refractivity contribution in [2.24, 2.45) is 0 Å². The molecule has 1 unspecified atom stereocenters. The summed E-state index contributed by atoms with van der Waals surface area (Å²) in [5.41, 5.74) is 1.14. The maximum atomic E-state index is 13.5. The summed E-state index contributed by atoms with van der Waals surface area (Å²) < 4.78 is 24.4. The number of hydrogen-bond donors (Lipinski definition) is 1. The summed E-state index contributed by atoms with van der Waals surface area (Å²) in [7, 11) is 1.51. The van der Waals surface area contributed by atoms with Crippen molar-refractivity contribution < 1.29 is 28.6 Å². The molecular weight excluding hydrogens is 425 g/mol. The van der Waals surface area contributed by atoms with E-state index in [1.54, 1.807) is 48.5 Å². The SMILES string of the molecule is CCOc1cccc(/C(O)=C2/C(=O)C(=O)N(c3ccc(F)cc3)C2c2cccc(OC)c2)c1. The molecule has 0 aliphatic carbocycles. The van der Waals surface area contributed by atoms with Gasteiger partial charge in [0, 0.05) is 11.3 Å². The first-order valence-corrected chi connectivity index (χ1v) is 10.4. The summed E-state index contributed by atoms with van der Waals surface area (Å²) in [6, 6.07) is 17.9. The molecule has 7 heteroatoms. The van der Waals surface area contributed by atoms with Crippen LogP contribution in [0, 0.1) is 5.82 Å². The largest absolute Gasteiger partial charge is 0.507 e. The minimum absolute atomic E-state index is 0.0776. The van der Waals surface area contributed by atoms with Crippen LogP contribution < -0.4 is 14.4 Å². The van der Waals surface area contributed by atoms with E-state index in [0.29, 0.717) is 34.9 Å². The fourth-order valence-corrected chi connectivity index (χ4v) is 3.88. The molecule has 0 radical (unpaired) electrons. The van der Waals surface area contributed by atoms with Crippen LogP contribution in [0.25, 0.3) is 5.76 Å². The zero-order valence-corrected chi connectivity index (χ0v) is 18.1. The molecule has 0 spiro atoms. The Balaban J connectivity index is 1.93. The van der Waals surface area contributed by atoms with Gasteiger partial charge >= 0.3 is 0 Å². The number of ketones is 1. The Hall–Kier alpha value is -4.13. The second kappa shape index (κ2) is 9.16. The van der Waals surface area contributed by atoms with E-state index in [-0.39, 0.29) is 11.3 Å². The third kappa shape index (κ3) is 4.17. The predicted octanol–water partition coefficient (Wildman–Crippen LogP) is 4.86. The van der Waals surface area contributed by atoms with Crippen molar-refractivity contribution in [3.8, 4) is 11.5 Å². The Kier molecular flexibility index (Phi) is 6.13. The molecule has 33 heavy (non-hydrogen) atoms. The topological polar surface area (TPSA) is 76.1 Å². The van der Waals surface area contributed by atoms with Crippen LogP contribution >= 0.6 is 0 Å². The van der Waals surface area contributed by atoms with Crippen molar-refractivity contribution in [1.82, 2.24) is 0 Å². The van der Waals surface area contributed by atoms with E-state index in [9.17, 15) is 19.1 Å². The Bertz CT molecular complexity index is 1240. The first-order chi connectivity index (χ1) is 15.9. The number of ether oxygens (including phenoxy) is 2. The van der Waals surface area contributed by atoms with Gasteiger partial charge in [-0.05, 0) is 61.0 Å². The van der Waals surface area contributed by atoms with Gasteiger partial charge in [0.05, 0.1) is 25.3 Å². The molecule has 1 atom stereocenters. The Morgan fingerprint density at radius 2 is 1.70 bits per heavy atom. The summed E-state index contributed by atoms with van der Waals surface area (Å²) >= 11 is 0. The monoisotopic (exact) mass is 447 g/mol. The minimum Gasteiger partial charge on any atom is -0.507 e. The van der Waals surface area contributed by atoms with Gasteiger partial charge in [0.2, 0.25) is 0 Å². The highest BCUT2D eigenvalue weighted by molar-refractivity contribution is 6.51. The van der Waals surface area contributed by atoms with Gasteiger partial charge in [0.25, 0.3) is 11.7 Å². The number of methoxy groups -OCH3 is 1. The average molecular weight is 447 g/mol. The number of aliphatic hydroxyl groups is 1. The molecule has 0 aromatic heterocycles. The lowest BCUT2D eigenvalue weighted by Gasteiger charge is -2.25. The summed E-state index contributed by atoms with van der Waals surface area (Å²) in [6.07, 6.45) is 0. The lowest BCUT2D eigenvalue weighted by Crippen LogP contribution is -2.29. The lowest BCUT2D eigenvalue weighted by atomic mass is 9.95. The number of aliphatic hydroxyl groups excluding tert-OH is 1. The second-order valence-corrected chi connectivity index (χ2v) is 7.38. The predicted molar refractivity (Wildman–Crippen MR) is 122 cm³/mol. The molecule has 0 bridgehead atoms. The molecule has 1 heterocycles. The zero-order chi connectivity index (χ0) is 23.5. The molecule has 1 aliphatic rings. The third-order valence-electron chi connectivity index (χ3n) is 5.38. The second-order valence-electron chi connectivity index (χ2n) is 7.38. The van der Waals surface area contributed by atoms with Crippen molar-refractivity contribution in [2.75, 3.05) is 18.6 Å². The standard InChI is InChI=1S/C26H22FNO5/c1-3-33-21-9-5-7-17(15-21)24(29)22-23(16-6-4-8-20(14-16)32-2)28(26(31)25(22)30)19-12-10-18(27)11-13-19/h4-15,23,29H,3H2,1-2H3/b24-22-. The molecule has 1 saturated heterocycles. The maximum Gasteiger partial charge on any atom is 0.300 e. The van der Waals surface area contributed by atoms with E-state index in [2.05, 4.69) is 0 Å². The van der Waals surface area contributed by atoms with Gasteiger partial charge in [-0.15, -0.1) is 0 Å². The molecule has 168 valence electrons. The van der Waals surface area contributed by atoms with E-state index in [1.807, 2.05) is 6.92 Å². The van der Waals surface area contributed by atoms with E-state index in [1.165, 1.54) is 36.3 Å². The molecular formula is C26H22FNO5. The fourth-order valence-electron chi connectivity index (χ4n) is 3.88. The van der Waals surface area contributed by atoms with E-state index in [4.69, 9.17) is 9.47 Å². The first-order valence-electron chi connectivity index (χ1n) is 10.4. The van der Waals surface area contributed by atoms with Gasteiger partial charge in [-0.25, -0.2) is 4.39 Å². The number of hydrogen-bond acceptors (Lipinski definition) is 5. The normalized spacial score (nSPS) is 17.3. The van der Waals surface area contributed by atoms with Crippen LogP contribution in [0.1, 0.15) is 24.1 Å². The highest BCUT2D eigenvalue weighted by Gasteiger charge is 2.47. The van der Waals surface area contributed by atoms with Crippen molar-refractivity contribution >= 4 is 23.1 Å². The van der Waals surface area contributed by atoms with Crippen LogP contribution in [0.2, 0.25) is 0 Å². The highest BCUT2D eigenvalue weighted by Crippen LogP contribution is 2.43. The molecule has 1 amide bonds. The smallest absolute Gasteiger partial charge is 0.300 e. The van der Waals surface area contributed by atoms with Crippen LogP contribution in [0.4, 0.5) is 10.1 Å². The number of carbonyl (C=O) groups excluding carboxylic acids is 2. The molecule has 1 fully saturated rings. The van der Waals surface area contributed by atoms with Gasteiger partial charge in [0.15, 0.2) is 0 Å². The van der Waals surface area contributed by atoms with Crippen LogP contribution in [0.5, 0.6) is 11.5 Å². The quantitative estimate of drug-likeness (QED) is 0.332. The highest BCUT2D eigenvalue weighted by atomic mass is 19.1. The Morgan fingerprint density at radius 1 is 1.00 bits per heavy atom. The summed E-state index contributed by atoms with van der Waals surface area (Å²) in [5.74, 6) is -1.42. The minimum atomic E-state index is -0.943. The number of carbonyl (C=O) groups is 2. The Labute approximate surface area is 190 Å². The van der Waals surface area contributed by atoms with Crippen molar-refractivity contribution in [3.63, 3.8) is 0 Å². The molecule has 0 saturated carbocycles. The van der Waals surface area contributed by atoms with Crippen molar-refractivity contribution in [2.45, 2.75) is 13.0 Å². The first kappa shape index (κ1) is 22.1. The Morgan fingerprint density at radius 3 is 2.39 bits per heavy atom. The number of Topliss-reactive ketones (excluding diaryl/α,β-unsaturated/α-hetero) is 1. The molecule has 1 N–H and O–H groups in total. The summed E-state index contributed by atoms with van der Waals surface area (Å²) in [6.45, 7) is 2.27. The van der Waals surface area contributed by atoms with Gasteiger partial charge in [-0.3, -0.25) is 14.5 Å².